The number of hydrogen-bond donors (Lipinski definition) is 2. The molecule has 11 nitrogen and oxygen atoms in total. The van der Waals surface area contributed by atoms with E-state index in [0.717, 1.165) is 18.5 Å². The first-order valence-electron chi connectivity index (χ1n) is 29.6. The molecule has 1 fully saturated rings. The normalized spacial score (nSPS) is 14.4. The standard InChI is InChI=1S/C13H21N2.C12H21N2O.C12H20NO.C12H20N.C11H19N2.C9H16N/c1-13(2,3)15-10-6-12(7-11-15)14-8-4-5-9-14;1-12(2,3)14-7-5-11(6-8-14)13(4)9-10-15;1-12(2,3)13-8-6-11(7-9-13)5-4-10-14;1-10(2)11-6-8-13(9-7-11)12(3,4)5;1-11(2,3)13-8-6-10(7-9-13)12(4)5;1-8-5-6-10(7-8)9(2,3)4/h6-7,10-11H,4-5,8-9H2,1-3H3;5-8,15H,9-10H2,1-4H3;6-9,14H,4-5,10H2,1-3H3;6-10H,1-5H3;6-9H,1-5H3;5-8H,1-4H3/q6*+1. The second kappa shape index (κ2) is 31.6. The van der Waals surface area contributed by atoms with Gasteiger partial charge in [-0.3, -0.25) is 0 Å². The Bertz CT molecular complexity index is 2480. The Labute approximate surface area is 489 Å². The fourth-order valence-corrected chi connectivity index (χ4v) is 8.27. The summed E-state index contributed by atoms with van der Waals surface area (Å²) in [5.41, 5.74) is 7.49. The Kier molecular flexibility index (Phi) is 27.9. The van der Waals surface area contributed by atoms with Crippen LogP contribution < -0.4 is 37.5 Å². The fraction of sp³-hybridized carbons (Fsp3) is 0.594. The zero-order valence-corrected chi connectivity index (χ0v) is 55.2. The van der Waals surface area contributed by atoms with Gasteiger partial charge in [-0.1, -0.05) is 13.8 Å². The number of allylic oxidation sites excluding steroid dienone is 1. The molecule has 1 unspecified atom stereocenters. The second-order valence-electron chi connectivity index (χ2n) is 28.0. The maximum absolute atomic E-state index is 8.83. The molecule has 80 heavy (non-hydrogen) atoms. The SMILES string of the molecule is CC(C)(C)[n+]1ccc(CCCO)cc1.CC(C)(C)[n+]1ccc(N2CCCC2)cc1.CC(C)c1cc[n+](C(C)(C)C)cc1.CC1C=C[N+](C(C)(C)C)=C1.CN(C)c1cc[n+](C(C)(C)C)cc1.CN(CCO)c1cc[n+](C(C)(C)C)cc1. The van der Waals surface area contributed by atoms with E-state index in [1.807, 2.05) is 11.9 Å². The van der Waals surface area contributed by atoms with Gasteiger partial charge in [0.25, 0.3) is 0 Å². The number of hydrogen-bond acceptors (Lipinski definition) is 5. The molecule has 2 N–H and O–H groups in total. The summed E-state index contributed by atoms with van der Waals surface area (Å²) in [7, 11) is 6.08. The second-order valence-corrected chi connectivity index (χ2v) is 28.0. The van der Waals surface area contributed by atoms with Crippen LogP contribution in [0.4, 0.5) is 17.1 Å². The van der Waals surface area contributed by atoms with Crippen molar-refractivity contribution >= 4 is 23.3 Å². The van der Waals surface area contributed by atoms with Gasteiger partial charge in [-0.2, -0.15) is 0 Å². The van der Waals surface area contributed by atoms with Gasteiger partial charge in [-0.15, -0.1) is 0 Å². The van der Waals surface area contributed by atoms with Crippen LogP contribution in [0.3, 0.4) is 0 Å². The number of aliphatic hydroxyl groups is 2. The molecule has 0 aliphatic carbocycles. The van der Waals surface area contributed by atoms with E-state index < -0.39 is 0 Å². The Morgan fingerprint density at radius 2 is 0.863 bits per heavy atom. The highest BCUT2D eigenvalue weighted by Gasteiger charge is 2.27. The third kappa shape index (κ3) is 25.9. The lowest BCUT2D eigenvalue weighted by molar-refractivity contribution is -0.754. The summed E-state index contributed by atoms with van der Waals surface area (Å²) in [5, 5.41) is 17.5. The molecule has 1 atom stereocenters. The minimum atomic E-state index is 0.119. The topological polar surface area (TPSA) is 72.6 Å². The van der Waals surface area contributed by atoms with Crippen molar-refractivity contribution in [1.29, 1.82) is 0 Å². The van der Waals surface area contributed by atoms with Gasteiger partial charge in [-0.25, -0.2) is 27.4 Å². The van der Waals surface area contributed by atoms with E-state index in [1.54, 1.807) is 0 Å². The van der Waals surface area contributed by atoms with Gasteiger partial charge in [0.2, 0.25) is 0 Å². The zero-order chi connectivity index (χ0) is 60.9. The van der Waals surface area contributed by atoms with Gasteiger partial charge in [0.15, 0.2) is 108 Å². The van der Waals surface area contributed by atoms with Crippen molar-refractivity contribution in [2.75, 3.05) is 68.7 Å². The molecule has 0 saturated carbocycles. The van der Waals surface area contributed by atoms with E-state index in [1.165, 1.54) is 48.4 Å². The van der Waals surface area contributed by atoms with Gasteiger partial charge in [0, 0.05) is 250 Å². The van der Waals surface area contributed by atoms with E-state index in [0.29, 0.717) is 18.4 Å². The summed E-state index contributed by atoms with van der Waals surface area (Å²) < 4.78 is 13.3. The summed E-state index contributed by atoms with van der Waals surface area (Å²) in [6, 6.07) is 21.5. The van der Waals surface area contributed by atoms with Crippen molar-refractivity contribution in [3.05, 3.63) is 146 Å². The van der Waals surface area contributed by atoms with Crippen molar-refractivity contribution < 1.29 is 37.6 Å². The van der Waals surface area contributed by atoms with E-state index in [-0.39, 0.29) is 46.4 Å². The van der Waals surface area contributed by atoms with Gasteiger partial charge in [0.05, 0.1) is 12.5 Å². The molecule has 11 heteroatoms. The summed E-state index contributed by atoms with van der Waals surface area (Å²) in [5.74, 6) is 1.23. The first-order chi connectivity index (χ1) is 36.9. The van der Waals surface area contributed by atoms with Crippen LogP contribution in [0.15, 0.2) is 135 Å². The molecule has 2 aliphatic heterocycles. The number of aromatic nitrogens is 5. The van der Waals surface area contributed by atoms with Crippen LogP contribution in [0.5, 0.6) is 0 Å². The van der Waals surface area contributed by atoms with Gasteiger partial charge >= 0.3 is 0 Å². The summed E-state index contributed by atoms with van der Waals surface area (Å²) >= 11 is 0. The first kappa shape index (κ1) is 70.6. The van der Waals surface area contributed by atoms with Crippen LogP contribution >= 0.6 is 0 Å². The average molecular weight is 1100 g/mol. The fourth-order valence-electron chi connectivity index (χ4n) is 8.27. The van der Waals surface area contributed by atoms with Gasteiger partial charge in [0.1, 0.15) is 0 Å². The van der Waals surface area contributed by atoms with Crippen LogP contribution in [-0.2, 0) is 34.1 Å². The number of rotatable bonds is 9. The third-order valence-electron chi connectivity index (χ3n) is 13.9. The van der Waals surface area contributed by atoms with Crippen LogP contribution in [0.2, 0.25) is 0 Å². The van der Waals surface area contributed by atoms with Crippen molar-refractivity contribution in [3.63, 3.8) is 0 Å². The maximum atomic E-state index is 8.83. The van der Waals surface area contributed by atoms with E-state index in [4.69, 9.17) is 10.2 Å². The number of aliphatic hydroxyl groups excluding tert-OH is 2. The Hall–Kier alpha value is -5.52. The number of anilines is 3. The molecule has 5 aromatic rings. The number of pyridine rings is 5. The molecule has 0 radical (unpaired) electrons. The highest BCUT2D eigenvalue weighted by molar-refractivity contribution is 5.59. The Morgan fingerprint density at radius 3 is 1.16 bits per heavy atom. The quantitative estimate of drug-likeness (QED) is 0.144. The summed E-state index contributed by atoms with van der Waals surface area (Å²) in [6.45, 7) is 49.8. The molecule has 1 saturated heterocycles. The smallest absolute Gasteiger partial charge is 0.171 e. The molecular formula is C69H117N9O2+6. The van der Waals surface area contributed by atoms with E-state index in [9.17, 15) is 0 Å². The molecule has 0 bridgehead atoms. The summed E-state index contributed by atoms with van der Waals surface area (Å²) in [6.07, 6.45) is 32.4. The van der Waals surface area contributed by atoms with E-state index in [2.05, 4.69) is 338 Å². The minimum absolute atomic E-state index is 0.119. The summed E-state index contributed by atoms with van der Waals surface area (Å²) in [4.78, 5) is 6.60. The van der Waals surface area contributed by atoms with Crippen LogP contribution in [0.25, 0.3) is 0 Å². The predicted molar refractivity (Wildman–Crippen MR) is 338 cm³/mol. The number of aryl methyl sites for hydroxylation is 1. The Morgan fingerprint density at radius 1 is 0.500 bits per heavy atom. The molecular weight excluding hydrogens is 987 g/mol. The van der Waals surface area contributed by atoms with Crippen molar-refractivity contribution in [1.82, 2.24) is 0 Å². The largest absolute Gasteiger partial charge is 0.396 e. The molecule has 2 aliphatic rings. The highest BCUT2D eigenvalue weighted by atomic mass is 16.3. The van der Waals surface area contributed by atoms with E-state index >= 15 is 0 Å². The zero-order valence-electron chi connectivity index (χ0n) is 55.2. The van der Waals surface area contributed by atoms with Crippen LogP contribution in [0, 0.1) is 5.92 Å². The predicted octanol–water partition coefficient (Wildman–Crippen LogP) is 11.8. The molecule has 7 rings (SSSR count). The maximum Gasteiger partial charge on any atom is 0.171 e. The Balaban J connectivity index is 0.000000329. The van der Waals surface area contributed by atoms with Gasteiger partial charge < -0.3 is 24.9 Å². The highest BCUT2D eigenvalue weighted by Crippen LogP contribution is 2.20. The van der Waals surface area contributed by atoms with Crippen LogP contribution in [-0.4, -0.2) is 80.5 Å². The molecule has 444 valence electrons. The third-order valence-corrected chi connectivity index (χ3v) is 13.9. The molecule has 0 spiro atoms. The van der Waals surface area contributed by atoms with Crippen molar-refractivity contribution in [2.24, 2.45) is 5.92 Å². The number of likely N-dealkylation sites (N-methyl/N-ethyl adjacent to an activating group) is 1. The molecule has 7 heterocycles. The van der Waals surface area contributed by atoms with Crippen molar-refractivity contribution in [2.45, 2.75) is 210 Å². The lowest BCUT2D eigenvalue weighted by Crippen LogP contribution is -2.49. The molecule has 5 aromatic heterocycles. The average Bonchev–Trinajstić information content (AvgIpc) is 4.09. The molecule has 0 amide bonds. The van der Waals surface area contributed by atoms with Crippen molar-refractivity contribution in [3.8, 4) is 0 Å². The number of nitrogens with zero attached hydrogens (tertiary/aromatic N) is 9. The lowest BCUT2D eigenvalue weighted by Gasteiger charge is -2.18. The monoisotopic (exact) mass is 1100 g/mol. The lowest BCUT2D eigenvalue weighted by atomic mass is 10.0. The minimum Gasteiger partial charge on any atom is -0.396 e. The molecule has 0 aromatic carbocycles. The van der Waals surface area contributed by atoms with Crippen LogP contribution in [0.1, 0.15) is 182 Å². The first-order valence-corrected chi connectivity index (χ1v) is 29.6. The van der Waals surface area contributed by atoms with Gasteiger partial charge in [-0.05, 0) is 55.7 Å².